The monoisotopic (exact) mass is 351 g/mol. The fraction of sp³-hybridized carbons (Fsp3) is 0.562. The maximum absolute atomic E-state index is 6.02. The van der Waals surface area contributed by atoms with Crippen LogP contribution in [0.3, 0.4) is 0 Å². The van der Waals surface area contributed by atoms with Crippen molar-refractivity contribution in [1.29, 1.82) is 0 Å². The normalized spacial score (nSPS) is 19.2. The van der Waals surface area contributed by atoms with Crippen molar-refractivity contribution in [3.8, 4) is 5.75 Å². The van der Waals surface area contributed by atoms with Gasteiger partial charge >= 0.3 is 0 Å². The van der Waals surface area contributed by atoms with E-state index < -0.39 is 0 Å². The van der Waals surface area contributed by atoms with Gasteiger partial charge in [-0.15, -0.1) is 0 Å². The van der Waals surface area contributed by atoms with Gasteiger partial charge in [0, 0.05) is 22.5 Å². The largest absolute Gasteiger partial charge is 0.493 e. The van der Waals surface area contributed by atoms with Crippen molar-refractivity contribution in [2.45, 2.75) is 51.1 Å². The highest BCUT2D eigenvalue weighted by molar-refractivity contribution is 9.10. The number of rotatable bonds is 3. The zero-order chi connectivity index (χ0) is 14.7. The van der Waals surface area contributed by atoms with Crippen LogP contribution in [0.2, 0.25) is 0 Å². The maximum Gasteiger partial charge on any atom is 0.189 e. The summed E-state index contributed by atoms with van der Waals surface area (Å²) in [5.74, 6) is 1.54. The Morgan fingerprint density at radius 3 is 2.95 bits per heavy atom. The Balaban J connectivity index is 1.65. The summed E-state index contributed by atoms with van der Waals surface area (Å²) in [6.45, 7) is 1.33. The molecule has 0 amide bonds. The van der Waals surface area contributed by atoms with E-state index in [-0.39, 0.29) is 0 Å². The molecule has 0 aromatic heterocycles. The van der Waals surface area contributed by atoms with Gasteiger partial charge in [0.2, 0.25) is 0 Å². The Kier molecular flexibility index (Phi) is 4.68. The van der Waals surface area contributed by atoms with Crippen LogP contribution in [-0.4, -0.2) is 18.6 Å². The molecule has 114 valence electrons. The fourth-order valence-electron chi connectivity index (χ4n) is 3.14. The zero-order valence-corrected chi connectivity index (χ0v) is 13.8. The van der Waals surface area contributed by atoms with E-state index in [0.29, 0.717) is 18.5 Å². The Morgan fingerprint density at radius 1 is 1.33 bits per heavy atom. The summed E-state index contributed by atoms with van der Waals surface area (Å²) in [6, 6.07) is 4.69. The molecule has 2 aliphatic rings. The van der Waals surface area contributed by atoms with Crippen LogP contribution >= 0.6 is 15.9 Å². The minimum Gasteiger partial charge on any atom is -0.493 e. The molecule has 1 aliphatic heterocycles. The van der Waals surface area contributed by atoms with Crippen LogP contribution in [-0.2, 0) is 13.0 Å². The molecule has 1 aromatic rings. The molecule has 0 spiro atoms. The number of ether oxygens (including phenoxy) is 1. The van der Waals surface area contributed by atoms with E-state index in [1.807, 2.05) is 0 Å². The third-order valence-corrected chi connectivity index (χ3v) is 4.66. The number of nitrogens with two attached hydrogens (primary N) is 1. The van der Waals surface area contributed by atoms with Gasteiger partial charge < -0.3 is 15.8 Å². The molecule has 0 unspecified atom stereocenters. The molecule has 4 nitrogen and oxygen atoms in total. The number of benzene rings is 1. The van der Waals surface area contributed by atoms with Crippen LogP contribution in [0.15, 0.2) is 21.6 Å². The standard InChI is InChI=1S/C16H22BrN3O/c17-13-8-11-6-7-21-15(11)12(9-13)10-19-16(18)20-14-4-2-1-3-5-14/h8-9,14H,1-7,10H2,(H3,18,19,20). The second-order valence-electron chi connectivity index (χ2n) is 5.83. The minimum absolute atomic E-state index is 0.493. The van der Waals surface area contributed by atoms with Crippen molar-refractivity contribution < 1.29 is 4.74 Å². The van der Waals surface area contributed by atoms with E-state index in [9.17, 15) is 0 Å². The number of nitrogens with one attached hydrogen (secondary N) is 1. The summed E-state index contributed by atoms with van der Waals surface area (Å²) in [5, 5.41) is 3.35. The molecule has 0 saturated heterocycles. The van der Waals surface area contributed by atoms with Crippen molar-refractivity contribution in [2.24, 2.45) is 10.7 Å². The van der Waals surface area contributed by atoms with Gasteiger partial charge in [-0.1, -0.05) is 35.2 Å². The van der Waals surface area contributed by atoms with Gasteiger partial charge in [-0.2, -0.15) is 0 Å². The lowest BCUT2D eigenvalue weighted by atomic mass is 9.96. The molecule has 21 heavy (non-hydrogen) atoms. The maximum atomic E-state index is 6.02. The number of fused-ring (bicyclic) bond motifs is 1. The van der Waals surface area contributed by atoms with Crippen molar-refractivity contribution in [3.63, 3.8) is 0 Å². The SMILES string of the molecule is NC(=NCc1cc(Br)cc2c1OCC2)NC1CCCCC1. The highest BCUT2D eigenvalue weighted by Gasteiger charge is 2.17. The molecule has 1 fully saturated rings. The molecular formula is C16H22BrN3O. The van der Waals surface area contributed by atoms with Gasteiger partial charge in [0.25, 0.3) is 0 Å². The second-order valence-corrected chi connectivity index (χ2v) is 6.75. The molecule has 0 atom stereocenters. The number of aliphatic imine (C=N–C) groups is 1. The number of hydrogen-bond acceptors (Lipinski definition) is 2. The van der Waals surface area contributed by atoms with E-state index in [1.165, 1.54) is 37.7 Å². The summed E-state index contributed by atoms with van der Waals surface area (Å²) in [7, 11) is 0. The van der Waals surface area contributed by atoms with Gasteiger partial charge in [-0.3, -0.25) is 0 Å². The summed E-state index contributed by atoms with van der Waals surface area (Å²) in [5.41, 5.74) is 8.38. The van der Waals surface area contributed by atoms with E-state index in [0.717, 1.165) is 28.8 Å². The second kappa shape index (κ2) is 6.69. The Morgan fingerprint density at radius 2 is 2.14 bits per heavy atom. The van der Waals surface area contributed by atoms with E-state index in [4.69, 9.17) is 10.5 Å². The first-order valence-corrected chi connectivity index (χ1v) is 8.52. The van der Waals surface area contributed by atoms with Crippen LogP contribution in [0, 0.1) is 0 Å². The van der Waals surface area contributed by atoms with Crippen LogP contribution in [0.25, 0.3) is 0 Å². The molecule has 0 radical (unpaired) electrons. The van der Waals surface area contributed by atoms with Gasteiger partial charge in [0.1, 0.15) is 5.75 Å². The first-order valence-electron chi connectivity index (χ1n) is 7.73. The third-order valence-electron chi connectivity index (χ3n) is 4.20. The Bertz CT molecular complexity index is 539. The van der Waals surface area contributed by atoms with Crippen molar-refractivity contribution >= 4 is 21.9 Å². The predicted molar refractivity (Wildman–Crippen MR) is 88.7 cm³/mol. The van der Waals surface area contributed by atoms with Crippen molar-refractivity contribution in [1.82, 2.24) is 5.32 Å². The van der Waals surface area contributed by atoms with E-state index in [2.05, 4.69) is 38.4 Å². The Hall–Kier alpha value is -1.23. The molecule has 1 saturated carbocycles. The van der Waals surface area contributed by atoms with Gasteiger partial charge in [-0.05, 0) is 30.5 Å². The van der Waals surface area contributed by atoms with Crippen LogP contribution in [0.1, 0.15) is 43.2 Å². The molecule has 3 rings (SSSR count). The number of hydrogen-bond donors (Lipinski definition) is 2. The van der Waals surface area contributed by atoms with Crippen molar-refractivity contribution in [2.75, 3.05) is 6.61 Å². The van der Waals surface area contributed by atoms with E-state index in [1.54, 1.807) is 0 Å². The van der Waals surface area contributed by atoms with Crippen LogP contribution in [0.4, 0.5) is 0 Å². The quantitative estimate of drug-likeness (QED) is 0.649. The number of nitrogens with zero attached hydrogens (tertiary/aromatic N) is 1. The minimum atomic E-state index is 0.493. The predicted octanol–water partition coefficient (Wildman–Crippen LogP) is 3.12. The average Bonchev–Trinajstić information content (AvgIpc) is 2.94. The van der Waals surface area contributed by atoms with Gasteiger partial charge in [0.15, 0.2) is 5.96 Å². The van der Waals surface area contributed by atoms with Gasteiger partial charge in [0.05, 0.1) is 13.2 Å². The molecule has 1 heterocycles. The third kappa shape index (κ3) is 3.70. The summed E-state index contributed by atoms with van der Waals surface area (Å²) < 4.78 is 6.79. The molecule has 5 heteroatoms. The lowest BCUT2D eigenvalue weighted by Crippen LogP contribution is -2.41. The zero-order valence-electron chi connectivity index (χ0n) is 12.2. The number of guanidine groups is 1. The smallest absolute Gasteiger partial charge is 0.189 e. The van der Waals surface area contributed by atoms with Crippen LogP contribution in [0.5, 0.6) is 5.75 Å². The topological polar surface area (TPSA) is 59.6 Å². The number of halogens is 1. The molecular weight excluding hydrogens is 330 g/mol. The van der Waals surface area contributed by atoms with Crippen LogP contribution < -0.4 is 15.8 Å². The first-order chi connectivity index (χ1) is 10.2. The van der Waals surface area contributed by atoms with Crippen molar-refractivity contribution in [3.05, 3.63) is 27.7 Å². The lowest BCUT2D eigenvalue weighted by Gasteiger charge is -2.23. The molecule has 1 aliphatic carbocycles. The highest BCUT2D eigenvalue weighted by Crippen LogP contribution is 2.33. The molecule has 3 N–H and O–H groups in total. The lowest BCUT2D eigenvalue weighted by molar-refractivity contribution is 0.353. The average molecular weight is 352 g/mol. The first kappa shape index (κ1) is 14.7. The highest BCUT2D eigenvalue weighted by atomic mass is 79.9. The summed E-state index contributed by atoms with van der Waals surface area (Å²) >= 11 is 3.55. The Labute approximate surface area is 134 Å². The molecule has 1 aromatic carbocycles. The van der Waals surface area contributed by atoms with E-state index >= 15 is 0 Å². The summed E-state index contributed by atoms with van der Waals surface area (Å²) in [4.78, 5) is 4.49. The fourth-order valence-corrected chi connectivity index (χ4v) is 3.69. The van der Waals surface area contributed by atoms with Gasteiger partial charge in [-0.25, -0.2) is 4.99 Å². The summed E-state index contributed by atoms with van der Waals surface area (Å²) in [6.07, 6.45) is 7.30. The molecule has 0 bridgehead atoms.